The molecule has 3 aromatic carbocycles. The van der Waals surface area contributed by atoms with E-state index in [2.05, 4.69) is 14.6 Å². The molecule has 0 atom stereocenters. The summed E-state index contributed by atoms with van der Waals surface area (Å²) in [5.41, 5.74) is 1.82. The number of ether oxygens (including phenoxy) is 2. The molecule has 0 fully saturated rings. The third kappa shape index (κ3) is 5.86. The molecule has 4 nitrogen and oxygen atoms in total. The fourth-order valence-electron chi connectivity index (χ4n) is 3.47. The zero-order chi connectivity index (χ0) is 25.1. The number of hydrogen-bond acceptors (Lipinski definition) is 3. The minimum Gasteiger partial charge on any atom is -0.435 e. The quantitative estimate of drug-likeness (QED) is 0.218. The van der Waals surface area contributed by atoms with Crippen LogP contribution in [0.2, 0.25) is 10.0 Å². The summed E-state index contributed by atoms with van der Waals surface area (Å²) in [6, 6.07) is 15.5. The predicted molar refractivity (Wildman–Crippen MR) is 122 cm³/mol. The van der Waals surface area contributed by atoms with E-state index in [4.69, 9.17) is 23.2 Å². The van der Waals surface area contributed by atoms with Crippen molar-refractivity contribution >= 4 is 23.2 Å². The van der Waals surface area contributed by atoms with E-state index in [9.17, 15) is 22.0 Å². The number of rotatable bonds is 8. The lowest BCUT2D eigenvalue weighted by atomic mass is 10.1. The highest BCUT2D eigenvalue weighted by molar-refractivity contribution is 6.35. The second-order valence-corrected chi connectivity index (χ2v) is 8.00. The molecule has 4 aromatic rings. The van der Waals surface area contributed by atoms with Gasteiger partial charge in [0.05, 0.1) is 17.3 Å². The largest absolute Gasteiger partial charge is 0.435 e. The van der Waals surface area contributed by atoms with E-state index in [1.807, 2.05) is 0 Å². The molecule has 0 aliphatic rings. The number of hydrogen-bond donors (Lipinski definition) is 0. The predicted octanol–water partition coefficient (Wildman–Crippen LogP) is 7.91. The van der Waals surface area contributed by atoms with Gasteiger partial charge in [0.25, 0.3) is 0 Å². The molecular weight excluding hydrogens is 514 g/mol. The van der Waals surface area contributed by atoms with E-state index in [0.29, 0.717) is 22.4 Å². The second kappa shape index (κ2) is 10.5. The summed E-state index contributed by atoms with van der Waals surface area (Å²) >= 11 is 12.9. The third-order valence-corrected chi connectivity index (χ3v) is 5.61. The van der Waals surface area contributed by atoms with Crippen molar-refractivity contribution in [2.75, 3.05) is 0 Å². The molecule has 0 saturated heterocycles. The maximum Gasteiger partial charge on any atom is 0.387 e. The number of nitrogens with zero attached hydrogens (tertiary/aromatic N) is 2. The molecule has 0 spiro atoms. The Labute approximate surface area is 206 Å². The Bertz CT molecular complexity index is 1350. The second-order valence-electron chi connectivity index (χ2n) is 7.22. The van der Waals surface area contributed by atoms with Crippen LogP contribution in [-0.2, 0) is 6.54 Å². The minimum atomic E-state index is -3.03. The first-order valence-electron chi connectivity index (χ1n) is 10.0. The van der Waals surface area contributed by atoms with E-state index in [-0.39, 0.29) is 33.8 Å². The van der Waals surface area contributed by atoms with Crippen LogP contribution in [0.25, 0.3) is 22.5 Å². The van der Waals surface area contributed by atoms with Gasteiger partial charge in [-0.05, 0) is 42.0 Å². The average Bonchev–Trinajstić information content (AvgIpc) is 3.11. The van der Waals surface area contributed by atoms with Crippen LogP contribution in [0.1, 0.15) is 5.56 Å². The van der Waals surface area contributed by atoms with Crippen LogP contribution in [0.3, 0.4) is 0 Å². The van der Waals surface area contributed by atoms with Gasteiger partial charge in [-0.2, -0.15) is 22.7 Å². The molecule has 182 valence electrons. The van der Waals surface area contributed by atoms with Crippen molar-refractivity contribution in [3.63, 3.8) is 0 Å². The molecule has 0 aliphatic carbocycles. The van der Waals surface area contributed by atoms with Crippen molar-refractivity contribution in [2.45, 2.75) is 19.8 Å². The molecule has 4 rings (SSSR count). The number of aromatic nitrogens is 2. The van der Waals surface area contributed by atoms with Crippen molar-refractivity contribution in [2.24, 2.45) is 0 Å². The molecular formula is C24H15Cl2F5N2O2. The Balaban J connectivity index is 1.84. The Hall–Kier alpha value is -3.30. The van der Waals surface area contributed by atoms with E-state index in [0.717, 1.165) is 6.07 Å². The van der Waals surface area contributed by atoms with Crippen LogP contribution in [0.15, 0.2) is 66.7 Å². The fraction of sp³-hybridized carbons (Fsp3) is 0.125. The molecule has 11 heteroatoms. The molecule has 1 aromatic heterocycles. The molecule has 35 heavy (non-hydrogen) atoms. The van der Waals surface area contributed by atoms with Gasteiger partial charge >= 0.3 is 13.2 Å². The van der Waals surface area contributed by atoms with Crippen molar-refractivity contribution in [1.82, 2.24) is 9.78 Å². The normalized spacial score (nSPS) is 11.3. The lowest BCUT2D eigenvalue weighted by molar-refractivity contribution is -0.0505. The highest BCUT2D eigenvalue weighted by Crippen LogP contribution is 2.39. The summed E-state index contributed by atoms with van der Waals surface area (Å²) in [6.45, 7) is -6.01. The van der Waals surface area contributed by atoms with Gasteiger partial charge in [0, 0.05) is 16.1 Å². The van der Waals surface area contributed by atoms with Gasteiger partial charge in [-0.3, -0.25) is 4.68 Å². The number of benzene rings is 3. The van der Waals surface area contributed by atoms with Gasteiger partial charge in [-0.25, -0.2) is 4.39 Å². The lowest BCUT2D eigenvalue weighted by Crippen LogP contribution is -2.06. The Morgan fingerprint density at radius 1 is 0.800 bits per heavy atom. The summed E-state index contributed by atoms with van der Waals surface area (Å²) in [6.07, 6.45) is 0. The average molecular weight is 529 g/mol. The molecule has 0 amide bonds. The van der Waals surface area contributed by atoms with Gasteiger partial charge < -0.3 is 9.47 Å². The third-order valence-electron chi connectivity index (χ3n) is 4.90. The van der Waals surface area contributed by atoms with Gasteiger partial charge in [0.1, 0.15) is 23.0 Å². The van der Waals surface area contributed by atoms with E-state index in [1.165, 1.54) is 53.2 Å². The lowest BCUT2D eigenvalue weighted by Gasteiger charge is -2.11. The van der Waals surface area contributed by atoms with Gasteiger partial charge in [-0.1, -0.05) is 53.5 Å². The zero-order valence-corrected chi connectivity index (χ0v) is 19.1. The molecule has 0 aliphatic heterocycles. The summed E-state index contributed by atoms with van der Waals surface area (Å²) in [4.78, 5) is 0. The Morgan fingerprint density at radius 2 is 1.40 bits per heavy atom. The summed E-state index contributed by atoms with van der Waals surface area (Å²) in [7, 11) is 0. The van der Waals surface area contributed by atoms with Crippen LogP contribution >= 0.6 is 23.2 Å². The molecule has 0 unspecified atom stereocenters. The fourth-order valence-corrected chi connectivity index (χ4v) is 4.05. The standard InChI is InChI=1S/C24H15Cl2F5N2O2/c25-19-11-16(27)8-7-15(19)12-33-22(14-4-2-6-18(10-14)35-24(30)31)20(26)21(32-33)13-3-1-5-17(9-13)34-23(28)29/h1-11,23-24H,12H2. The SMILES string of the molecule is Fc1ccc(Cn2nc(-c3cccc(OC(F)F)c3)c(Cl)c2-c2cccc(OC(F)F)c2)c(Cl)c1. The molecule has 0 N–H and O–H groups in total. The smallest absolute Gasteiger partial charge is 0.387 e. The van der Waals surface area contributed by atoms with Crippen molar-refractivity contribution in [1.29, 1.82) is 0 Å². The zero-order valence-electron chi connectivity index (χ0n) is 17.6. The van der Waals surface area contributed by atoms with Crippen LogP contribution in [0.5, 0.6) is 11.5 Å². The topological polar surface area (TPSA) is 36.3 Å². The maximum absolute atomic E-state index is 13.5. The number of alkyl halides is 4. The van der Waals surface area contributed by atoms with E-state index >= 15 is 0 Å². The van der Waals surface area contributed by atoms with Crippen molar-refractivity contribution < 1.29 is 31.4 Å². The van der Waals surface area contributed by atoms with Crippen LogP contribution in [-0.4, -0.2) is 23.0 Å². The van der Waals surface area contributed by atoms with Crippen molar-refractivity contribution in [3.8, 4) is 34.0 Å². The van der Waals surface area contributed by atoms with Crippen LogP contribution in [0.4, 0.5) is 22.0 Å². The van der Waals surface area contributed by atoms with Gasteiger partial charge in [0.15, 0.2) is 0 Å². The highest BCUT2D eigenvalue weighted by atomic mass is 35.5. The van der Waals surface area contributed by atoms with E-state index in [1.54, 1.807) is 12.1 Å². The first-order chi connectivity index (χ1) is 16.7. The Morgan fingerprint density at radius 3 is 2.00 bits per heavy atom. The number of halogens is 7. The van der Waals surface area contributed by atoms with Gasteiger partial charge in [-0.15, -0.1) is 0 Å². The van der Waals surface area contributed by atoms with Crippen LogP contribution in [0, 0.1) is 5.82 Å². The summed E-state index contributed by atoms with van der Waals surface area (Å²) < 4.78 is 74.8. The summed E-state index contributed by atoms with van der Waals surface area (Å²) in [5, 5.41) is 4.79. The first kappa shape index (κ1) is 24.8. The van der Waals surface area contributed by atoms with Crippen LogP contribution < -0.4 is 9.47 Å². The van der Waals surface area contributed by atoms with E-state index < -0.39 is 19.0 Å². The van der Waals surface area contributed by atoms with Gasteiger partial charge in [0.2, 0.25) is 0 Å². The molecule has 0 bridgehead atoms. The van der Waals surface area contributed by atoms with Crippen molar-refractivity contribution in [3.05, 3.63) is 88.2 Å². The molecule has 1 heterocycles. The first-order valence-corrected chi connectivity index (χ1v) is 10.8. The Kier molecular flexibility index (Phi) is 7.47. The molecule has 0 radical (unpaired) electrons. The highest BCUT2D eigenvalue weighted by Gasteiger charge is 2.21. The molecule has 0 saturated carbocycles. The maximum atomic E-state index is 13.5. The monoisotopic (exact) mass is 528 g/mol. The minimum absolute atomic E-state index is 0.0430. The summed E-state index contributed by atoms with van der Waals surface area (Å²) in [5.74, 6) is -0.723.